The van der Waals surface area contributed by atoms with Crippen LogP contribution in [0, 0.1) is 10.1 Å². The van der Waals surface area contributed by atoms with Crippen LogP contribution in [0.2, 0.25) is 0 Å². The number of aromatic nitrogens is 1. The van der Waals surface area contributed by atoms with Crippen molar-refractivity contribution < 1.29 is 24.7 Å². The van der Waals surface area contributed by atoms with E-state index in [-0.39, 0.29) is 6.42 Å². The number of rotatable bonds is 6. The van der Waals surface area contributed by atoms with Crippen molar-refractivity contribution in [3.8, 4) is 0 Å². The molecule has 0 aliphatic heterocycles. The van der Waals surface area contributed by atoms with Gasteiger partial charge >= 0.3 is 5.97 Å². The van der Waals surface area contributed by atoms with Crippen LogP contribution in [-0.4, -0.2) is 44.6 Å². The number of aliphatic carboxylic acids is 1. The molecule has 1 aromatic rings. The Kier molecular flexibility index (Phi) is 4.92. The average molecular weight is 285 g/mol. The van der Waals surface area contributed by atoms with Gasteiger partial charge in [0.15, 0.2) is 0 Å². The number of hydrogen-bond acceptors (Lipinski definition) is 6. The van der Waals surface area contributed by atoms with E-state index in [1.165, 1.54) is 0 Å². The molecule has 10 nitrogen and oxygen atoms in total. The summed E-state index contributed by atoms with van der Waals surface area (Å²) in [6.07, 6.45) is 0.565. The van der Waals surface area contributed by atoms with Gasteiger partial charge in [-0.3, -0.25) is 19.7 Å². The van der Waals surface area contributed by atoms with E-state index in [2.05, 4.69) is 0 Å². The van der Waals surface area contributed by atoms with Crippen molar-refractivity contribution in [2.75, 3.05) is 6.61 Å². The van der Waals surface area contributed by atoms with Gasteiger partial charge in [0.25, 0.3) is 17.2 Å². The van der Waals surface area contributed by atoms with Crippen molar-refractivity contribution in [3.05, 3.63) is 38.3 Å². The number of nitrogens with one attached hydrogen (secondary N) is 2. The number of carboxylic acid groups (broad SMARTS) is 1. The zero-order valence-electron chi connectivity index (χ0n) is 10.0. The van der Waals surface area contributed by atoms with Crippen molar-refractivity contribution in [2.45, 2.75) is 12.5 Å². The second kappa shape index (κ2) is 6.43. The molecular weight excluding hydrogens is 274 g/mol. The molecule has 0 aliphatic rings. The minimum atomic E-state index is -1.40. The van der Waals surface area contributed by atoms with Crippen LogP contribution in [0.3, 0.4) is 0 Å². The summed E-state index contributed by atoms with van der Waals surface area (Å²) in [5.74, 6) is -2.47. The number of carboxylic acids is 1. The average Bonchev–Trinajstić information content (AvgIpc) is 2.38. The van der Waals surface area contributed by atoms with Gasteiger partial charge < -0.3 is 20.5 Å². The van der Waals surface area contributed by atoms with Gasteiger partial charge in [0, 0.05) is 19.1 Å². The van der Waals surface area contributed by atoms with E-state index in [4.69, 9.17) is 10.2 Å². The van der Waals surface area contributed by atoms with Gasteiger partial charge in [-0.1, -0.05) is 0 Å². The summed E-state index contributed by atoms with van der Waals surface area (Å²) in [5, 5.41) is 30.0. The number of pyridine rings is 1. The first-order chi connectivity index (χ1) is 9.36. The van der Waals surface area contributed by atoms with Crippen LogP contribution in [0.4, 0.5) is 5.69 Å². The topological polar surface area (TPSA) is 163 Å². The molecule has 0 saturated heterocycles. The number of amides is 1. The maximum Gasteiger partial charge on any atom is 0.326 e. The quantitative estimate of drug-likeness (QED) is 0.378. The van der Waals surface area contributed by atoms with Crippen molar-refractivity contribution in [3.63, 3.8) is 0 Å². The van der Waals surface area contributed by atoms with Crippen LogP contribution in [0.5, 0.6) is 0 Å². The van der Waals surface area contributed by atoms with Gasteiger partial charge in [-0.25, -0.2) is 4.79 Å². The largest absolute Gasteiger partial charge is 0.480 e. The summed E-state index contributed by atoms with van der Waals surface area (Å²) in [6.45, 7) is -0.484. The Balaban J connectivity index is 3.02. The zero-order chi connectivity index (χ0) is 15.3. The molecule has 1 atom stereocenters. The molecule has 0 spiro atoms. The molecule has 1 rings (SSSR count). The predicted molar refractivity (Wildman–Crippen MR) is 64.3 cm³/mol. The monoisotopic (exact) mass is 285 g/mol. The Labute approximate surface area is 111 Å². The van der Waals surface area contributed by atoms with E-state index in [1.54, 1.807) is 0 Å². The Hall–Kier alpha value is -2.75. The molecule has 1 aromatic heterocycles. The first kappa shape index (κ1) is 15.3. The fraction of sp³-hybridized carbons (Fsp3) is 0.300. The molecule has 1 heterocycles. The number of H-pyrrole nitrogens is 1. The summed E-state index contributed by atoms with van der Waals surface area (Å²) in [4.78, 5) is 45.7. The first-order valence-corrected chi connectivity index (χ1v) is 5.38. The highest BCUT2D eigenvalue weighted by molar-refractivity contribution is 5.96. The minimum Gasteiger partial charge on any atom is -0.480 e. The van der Waals surface area contributed by atoms with Crippen molar-refractivity contribution >= 4 is 17.6 Å². The van der Waals surface area contributed by atoms with Gasteiger partial charge in [-0.2, -0.15) is 0 Å². The SMILES string of the molecule is O=C(N[C@H](CCO)C(=O)O)c1cc([N+](=O)[O-])c[nH]c1=O. The number of hydrogen-bond donors (Lipinski definition) is 4. The van der Waals surface area contributed by atoms with Crippen LogP contribution < -0.4 is 10.9 Å². The summed E-state index contributed by atoms with van der Waals surface area (Å²) in [6, 6.07) is -0.655. The molecule has 20 heavy (non-hydrogen) atoms. The predicted octanol–water partition coefficient (Wildman–Crippen LogP) is -1.15. The van der Waals surface area contributed by atoms with Crippen LogP contribution >= 0.6 is 0 Å². The fourth-order valence-corrected chi connectivity index (χ4v) is 1.37. The second-order valence-corrected chi connectivity index (χ2v) is 3.73. The third-order valence-electron chi connectivity index (χ3n) is 2.36. The maximum atomic E-state index is 11.7. The van der Waals surface area contributed by atoms with Gasteiger partial charge in [-0.05, 0) is 0 Å². The van der Waals surface area contributed by atoms with E-state index in [0.29, 0.717) is 0 Å². The van der Waals surface area contributed by atoms with E-state index in [9.17, 15) is 24.5 Å². The molecule has 0 saturated carbocycles. The Morgan fingerprint density at radius 1 is 1.50 bits per heavy atom. The molecular formula is C10H11N3O7. The molecule has 1 amide bonds. The molecule has 4 N–H and O–H groups in total. The van der Waals surface area contributed by atoms with Gasteiger partial charge in [0.1, 0.15) is 11.6 Å². The Morgan fingerprint density at radius 2 is 2.15 bits per heavy atom. The van der Waals surface area contributed by atoms with Crippen molar-refractivity contribution in [1.29, 1.82) is 0 Å². The lowest BCUT2D eigenvalue weighted by atomic mass is 10.2. The number of nitro groups is 1. The van der Waals surface area contributed by atoms with Gasteiger partial charge in [0.05, 0.1) is 11.1 Å². The van der Waals surface area contributed by atoms with Gasteiger partial charge in [-0.15, -0.1) is 0 Å². The minimum absolute atomic E-state index is 0.256. The van der Waals surface area contributed by atoms with Crippen molar-refractivity contribution in [2.24, 2.45) is 0 Å². The molecule has 0 aliphatic carbocycles. The van der Waals surface area contributed by atoms with E-state index in [1.807, 2.05) is 10.3 Å². The molecule has 0 fully saturated rings. The zero-order valence-corrected chi connectivity index (χ0v) is 10.0. The number of carbonyl (C=O) groups excluding carboxylic acids is 1. The number of aliphatic hydroxyl groups excluding tert-OH is 1. The van der Waals surface area contributed by atoms with Crippen molar-refractivity contribution in [1.82, 2.24) is 10.3 Å². The van der Waals surface area contributed by atoms with Crippen LogP contribution in [0.1, 0.15) is 16.8 Å². The van der Waals surface area contributed by atoms with Crippen LogP contribution in [0.15, 0.2) is 17.1 Å². The summed E-state index contributed by atoms with van der Waals surface area (Å²) in [5.41, 5.74) is -1.98. The third kappa shape index (κ3) is 3.62. The number of nitrogens with zero attached hydrogens (tertiary/aromatic N) is 1. The van der Waals surface area contributed by atoms with Crippen LogP contribution in [0.25, 0.3) is 0 Å². The standard InChI is InChI=1S/C10H11N3O7/c14-2-1-7(10(17)18)12-9(16)6-3-5(13(19)20)4-11-8(6)15/h3-4,7,14H,1-2H2,(H,11,15)(H,12,16)(H,17,18)/t7-/m1/s1. The van der Waals surface area contributed by atoms with E-state index < -0.39 is 46.3 Å². The number of aliphatic hydroxyl groups is 1. The lowest BCUT2D eigenvalue weighted by molar-refractivity contribution is -0.385. The van der Waals surface area contributed by atoms with Gasteiger partial charge in [0.2, 0.25) is 0 Å². The lowest BCUT2D eigenvalue weighted by Gasteiger charge is -2.12. The summed E-state index contributed by atoms with van der Waals surface area (Å²) < 4.78 is 0. The molecule has 108 valence electrons. The molecule has 10 heteroatoms. The summed E-state index contributed by atoms with van der Waals surface area (Å²) >= 11 is 0. The van der Waals surface area contributed by atoms with E-state index >= 15 is 0 Å². The molecule has 0 unspecified atom stereocenters. The maximum absolute atomic E-state index is 11.7. The first-order valence-electron chi connectivity index (χ1n) is 5.38. The fourth-order valence-electron chi connectivity index (χ4n) is 1.37. The summed E-state index contributed by atoms with van der Waals surface area (Å²) in [7, 11) is 0. The third-order valence-corrected chi connectivity index (χ3v) is 2.36. The second-order valence-electron chi connectivity index (χ2n) is 3.73. The number of aromatic amines is 1. The van der Waals surface area contributed by atoms with Crippen LogP contribution in [-0.2, 0) is 4.79 Å². The Bertz CT molecular complexity index is 595. The highest BCUT2D eigenvalue weighted by Gasteiger charge is 2.23. The molecule has 0 aromatic carbocycles. The highest BCUT2D eigenvalue weighted by atomic mass is 16.6. The normalized spacial score (nSPS) is 11.7. The Morgan fingerprint density at radius 3 is 2.65 bits per heavy atom. The molecule has 0 radical (unpaired) electrons. The molecule has 0 bridgehead atoms. The van der Waals surface area contributed by atoms with E-state index in [0.717, 1.165) is 12.3 Å². The smallest absolute Gasteiger partial charge is 0.326 e. The highest BCUT2D eigenvalue weighted by Crippen LogP contribution is 2.08. The number of carbonyl (C=O) groups is 2. The lowest BCUT2D eigenvalue weighted by Crippen LogP contribution is -2.43.